The third kappa shape index (κ3) is 3.71. The molecule has 0 aromatic heterocycles. The molecule has 2 rings (SSSR count). The van der Waals surface area contributed by atoms with E-state index in [9.17, 15) is 5.11 Å². The Morgan fingerprint density at radius 3 is 2.84 bits per heavy atom. The summed E-state index contributed by atoms with van der Waals surface area (Å²) in [6, 6.07) is 10.2. The zero-order chi connectivity index (χ0) is 13.5. The van der Waals surface area contributed by atoms with Crippen LogP contribution in [0.5, 0.6) is 0 Å². The molecule has 0 aliphatic carbocycles. The maximum absolute atomic E-state index is 11.4. The molecule has 0 spiro atoms. The quantitative estimate of drug-likeness (QED) is 0.461. The van der Waals surface area contributed by atoms with Crippen LogP contribution in [0.1, 0.15) is 30.9 Å². The zero-order valence-corrected chi connectivity index (χ0v) is 11.0. The summed E-state index contributed by atoms with van der Waals surface area (Å²) in [6.07, 6.45) is 8.49. The number of hydrogen-bond donors (Lipinski definition) is 0. The second-order valence-electron chi connectivity index (χ2n) is 4.53. The van der Waals surface area contributed by atoms with Crippen molar-refractivity contribution in [3.05, 3.63) is 60.7 Å². The fourth-order valence-electron chi connectivity index (χ4n) is 2.12. The monoisotopic (exact) mass is 257 g/mol. The van der Waals surface area contributed by atoms with E-state index >= 15 is 0 Å². The van der Waals surface area contributed by atoms with Gasteiger partial charge in [0.1, 0.15) is 12.2 Å². The summed E-state index contributed by atoms with van der Waals surface area (Å²) < 4.78 is 7.11. The minimum atomic E-state index is -0.271. The fourth-order valence-corrected chi connectivity index (χ4v) is 2.12. The van der Waals surface area contributed by atoms with Crippen LogP contribution in [0.4, 0.5) is 0 Å². The number of unbranched alkanes of at least 4 members (excludes halogenated alkanes) is 2. The van der Waals surface area contributed by atoms with Crippen LogP contribution >= 0.6 is 0 Å². The van der Waals surface area contributed by atoms with Gasteiger partial charge in [-0.25, -0.2) is 0 Å². The average Bonchev–Trinajstić information content (AvgIpc) is 2.45. The van der Waals surface area contributed by atoms with Crippen LogP contribution in [-0.4, -0.2) is 17.4 Å². The van der Waals surface area contributed by atoms with Gasteiger partial charge in [0.25, 0.3) is 0 Å². The molecule has 1 aromatic carbocycles. The average molecular weight is 257 g/mol. The molecule has 1 aliphatic rings. The van der Waals surface area contributed by atoms with Crippen LogP contribution in [0.25, 0.3) is 0 Å². The molecule has 0 N–H and O–H groups in total. The number of hydrogen-bond acceptors (Lipinski definition) is 2. The van der Waals surface area contributed by atoms with Gasteiger partial charge in [-0.15, -0.1) is 6.58 Å². The van der Waals surface area contributed by atoms with E-state index in [0.717, 1.165) is 24.8 Å². The van der Waals surface area contributed by atoms with Crippen molar-refractivity contribution in [3.63, 3.8) is 0 Å². The Hall–Kier alpha value is -2.03. The lowest BCUT2D eigenvalue weighted by atomic mass is 10.1. The maximum atomic E-state index is 11.4. The highest BCUT2D eigenvalue weighted by Crippen LogP contribution is 2.21. The molecule has 0 fully saturated rings. The predicted molar refractivity (Wildman–Crippen MR) is 73.6 cm³/mol. The fraction of sp³-hybridized carbons (Fsp3) is 0.312. The van der Waals surface area contributed by atoms with Crippen LogP contribution in [0.2, 0.25) is 0 Å². The van der Waals surface area contributed by atoms with Crippen molar-refractivity contribution in [1.29, 1.82) is 0 Å². The summed E-state index contributed by atoms with van der Waals surface area (Å²) >= 11 is 0. The predicted octanol–water partition coefficient (Wildman–Crippen LogP) is 2.36. The van der Waals surface area contributed by atoms with Crippen LogP contribution in [0.15, 0.2) is 55.1 Å². The molecule has 100 valence electrons. The van der Waals surface area contributed by atoms with Gasteiger partial charge in [0.15, 0.2) is 12.2 Å². The highest BCUT2D eigenvalue weighted by molar-refractivity contribution is 5.51. The Labute approximate surface area is 114 Å². The lowest BCUT2D eigenvalue weighted by Gasteiger charge is -2.25. The zero-order valence-electron chi connectivity index (χ0n) is 11.0. The summed E-state index contributed by atoms with van der Waals surface area (Å²) in [7, 11) is 0. The number of ether oxygens (including phenoxy) is 1. The third-order valence-electron chi connectivity index (χ3n) is 3.13. The highest BCUT2D eigenvalue weighted by Gasteiger charge is 2.23. The van der Waals surface area contributed by atoms with E-state index in [1.54, 1.807) is 0 Å². The highest BCUT2D eigenvalue weighted by atomic mass is 16.6. The van der Waals surface area contributed by atoms with Crippen molar-refractivity contribution in [3.8, 4) is 0 Å². The van der Waals surface area contributed by atoms with E-state index in [1.165, 1.54) is 6.20 Å². The maximum Gasteiger partial charge on any atom is 0.192 e. The van der Waals surface area contributed by atoms with Crippen molar-refractivity contribution in [1.82, 2.24) is 0 Å². The largest absolute Gasteiger partial charge is 0.602 e. The molecule has 3 nitrogen and oxygen atoms in total. The summed E-state index contributed by atoms with van der Waals surface area (Å²) in [5.74, 6) is -0.271. The molecule has 0 bridgehead atoms. The molecule has 0 radical (unpaired) electrons. The van der Waals surface area contributed by atoms with Gasteiger partial charge in [-0.05, 0) is 12.8 Å². The molecular formula is C16H19NO2. The Kier molecular flexibility index (Phi) is 4.78. The Bertz CT molecular complexity index is 477. The molecule has 1 aliphatic heterocycles. The van der Waals surface area contributed by atoms with Gasteiger partial charge in [-0.3, -0.25) is 0 Å². The van der Waals surface area contributed by atoms with Crippen LogP contribution in [-0.2, 0) is 4.74 Å². The van der Waals surface area contributed by atoms with Crippen molar-refractivity contribution in [2.24, 2.45) is 0 Å². The van der Waals surface area contributed by atoms with Gasteiger partial charge in [0.2, 0.25) is 0 Å². The van der Waals surface area contributed by atoms with E-state index < -0.39 is 0 Å². The normalized spacial score (nSPS) is 20.7. The van der Waals surface area contributed by atoms with Crippen LogP contribution in [0.3, 0.4) is 0 Å². The second kappa shape index (κ2) is 6.78. The number of benzene rings is 1. The van der Waals surface area contributed by atoms with Gasteiger partial charge in [0.05, 0.1) is 6.61 Å². The van der Waals surface area contributed by atoms with E-state index in [0.29, 0.717) is 6.61 Å². The molecule has 1 aromatic rings. The summed E-state index contributed by atoms with van der Waals surface area (Å²) in [6.45, 7) is 4.11. The molecular weight excluding hydrogens is 238 g/mol. The minimum absolute atomic E-state index is 0.0858. The topological polar surface area (TPSA) is 35.3 Å². The number of allylic oxidation sites excluding steroid dienone is 1. The third-order valence-corrected chi connectivity index (χ3v) is 3.13. The lowest BCUT2D eigenvalue weighted by Crippen LogP contribution is -2.28. The first-order valence-electron chi connectivity index (χ1n) is 6.59. The summed E-state index contributed by atoms with van der Waals surface area (Å²) in [5.41, 5.74) is 1.16. The Morgan fingerprint density at radius 2 is 2.11 bits per heavy atom. The van der Waals surface area contributed by atoms with E-state index in [-0.39, 0.29) is 12.0 Å². The van der Waals surface area contributed by atoms with Crippen molar-refractivity contribution in [2.75, 3.05) is 6.61 Å². The minimum Gasteiger partial charge on any atom is -0.602 e. The van der Waals surface area contributed by atoms with Crippen LogP contribution < -0.4 is 5.11 Å². The van der Waals surface area contributed by atoms with Crippen LogP contribution in [0, 0.1) is 0 Å². The molecule has 0 saturated heterocycles. The first-order valence-corrected chi connectivity index (χ1v) is 6.59. The van der Waals surface area contributed by atoms with E-state index in [1.807, 2.05) is 28.9 Å². The van der Waals surface area contributed by atoms with Gasteiger partial charge in [-0.2, -0.15) is 4.58 Å². The summed E-state index contributed by atoms with van der Waals surface area (Å²) in [5, 5.41) is 11.4. The molecule has 0 amide bonds. The number of nitrogens with zero attached hydrogens (tertiary/aromatic N) is 1. The standard InChI is InChI=1S/C16H19NO2/c1-2-3-4-8-11-17-12-16(18)19-13-15(17)14-9-6-5-7-10-14/h2,5-7,9-12,15H,1,3-4,8,13H2/t15-/m1/s1. The molecule has 1 atom stereocenters. The van der Waals surface area contributed by atoms with Gasteiger partial charge in [-0.1, -0.05) is 36.4 Å². The van der Waals surface area contributed by atoms with Crippen molar-refractivity contribution < 1.29 is 14.4 Å². The Morgan fingerprint density at radius 1 is 1.32 bits per heavy atom. The van der Waals surface area contributed by atoms with E-state index in [2.05, 4.69) is 24.9 Å². The van der Waals surface area contributed by atoms with Crippen molar-refractivity contribution >= 4 is 6.21 Å². The van der Waals surface area contributed by atoms with Gasteiger partial charge in [0, 0.05) is 12.0 Å². The summed E-state index contributed by atoms with van der Waals surface area (Å²) in [4.78, 5) is 0. The van der Waals surface area contributed by atoms with E-state index in [4.69, 9.17) is 4.74 Å². The SMILES string of the molecule is C=CCCCC=[N+]1C=C([O-])OC[C@@H]1c1ccccc1. The molecule has 1 heterocycles. The molecule has 0 unspecified atom stereocenters. The molecule has 3 heteroatoms. The first-order chi connectivity index (χ1) is 9.31. The second-order valence-corrected chi connectivity index (χ2v) is 4.53. The smallest absolute Gasteiger partial charge is 0.192 e. The van der Waals surface area contributed by atoms with Gasteiger partial charge < -0.3 is 9.84 Å². The molecule has 19 heavy (non-hydrogen) atoms. The number of rotatable bonds is 5. The van der Waals surface area contributed by atoms with Crippen molar-refractivity contribution in [2.45, 2.75) is 25.3 Å². The Balaban J connectivity index is 2.15. The van der Waals surface area contributed by atoms with Gasteiger partial charge >= 0.3 is 0 Å². The lowest BCUT2D eigenvalue weighted by molar-refractivity contribution is -0.540. The first kappa shape index (κ1) is 13.4. The molecule has 0 saturated carbocycles.